The first kappa shape index (κ1) is 8.43. The van der Waals surface area contributed by atoms with Crippen LogP contribution in [0.25, 0.3) is 0 Å². The van der Waals surface area contributed by atoms with E-state index in [-0.39, 0.29) is 11.8 Å². The fourth-order valence-electron chi connectivity index (χ4n) is 0.465. The zero-order valence-corrected chi connectivity index (χ0v) is 5.97. The molecule has 0 atom stereocenters. The van der Waals surface area contributed by atoms with Gasteiger partial charge < -0.3 is 4.89 Å². The van der Waals surface area contributed by atoms with Gasteiger partial charge in [-0.05, 0) is 5.41 Å². The highest BCUT2D eigenvalue weighted by Crippen LogP contribution is 2.18. The maximum absolute atomic E-state index is 10.4. The molecule has 0 unspecified atom stereocenters. The summed E-state index contributed by atoms with van der Waals surface area (Å²) in [7, 11) is 0. The van der Waals surface area contributed by atoms with Gasteiger partial charge in [-0.25, -0.2) is 4.79 Å². The fraction of sp³-hybridized carbons (Fsp3) is 0.833. The van der Waals surface area contributed by atoms with Crippen LogP contribution in [0.5, 0.6) is 0 Å². The van der Waals surface area contributed by atoms with Crippen molar-refractivity contribution in [2.45, 2.75) is 27.2 Å². The van der Waals surface area contributed by atoms with Crippen LogP contribution < -0.4 is 0 Å². The zero-order valence-electron chi connectivity index (χ0n) is 5.97. The van der Waals surface area contributed by atoms with E-state index in [1.54, 1.807) is 0 Å². The van der Waals surface area contributed by atoms with E-state index in [9.17, 15) is 4.79 Å². The summed E-state index contributed by atoms with van der Waals surface area (Å²) in [5.74, 6) is -0.581. The second-order valence-corrected chi connectivity index (χ2v) is 3.20. The molecule has 0 heterocycles. The van der Waals surface area contributed by atoms with Crippen molar-refractivity contribution in [1.29, 1.82) is 0 Å². The largest absolute Gasteiger partial charge is 0.342 e. The minimum atomic E-state index is -0.581. The Morgan fingerprint density at radius 1 is 1.56 bits per heavy atom. The Morgan fingerprint density at radius 3 is 2.11 bits per heavy atom. The molecule has 0 aromatic carbocycles. The fourth-order valence-corrected chi connectivity index (χ4v) is 0.465. The lowest BCUT2D eigenvalue weighted by molar-refractivity contribution is -0.236. The van der Waals surface area contributed by atoms with E-state index in [0.29, 0.717) is 0 Å². The summed E-state index contributed by atoms with van der Waals surface area (Å²) < 4.78 is 0. The predicted molar refractivity (Wildman–Crippen MR) is 32.8 cm³/mol. The molecule has 0 rings (SSSR count). The van der Waals surface area contributed by atoms with Crippen LogP contribution in [0.3, 0.4) is 0 Å². The quantitative estimate of drug-likeness (QED) is 0.433. The van der Waals surface area contributed by atoms with Crippen molar-refractivity contribution in [3.63, 3.8) is 0 Å². The monoisotopic (exact) mass is 132 g/mol. The summed E-state index contributed by atoms with van der Waals surface area (Å²) in [6.07, 6.45) is 0.240. The van der Waals surface area contributed by atoms with Gasteiger partial charge in [-0.2, -0.15) is 5.26 Å². The van der Waals surface area contributed by atoms with Gasteiger partial charge in [0.05, 0.1) is 6.42 Å². The number of hydrogen-bond acceptors (Lipinski definition) is 3. The normalized spacial score (nSPS) is 11.1. The van der Waals surface area contributed by atoms with E-state index in [1.165, 1.54) is 0 Å². The van der Waals surface area contributed by atoms with Gasteiger partial charge >= 0.3 is 5.97 Å². The molecule has 0 aromatic heterocycles. The van der Waals surface area contributed by atoms with Gasteiger partial charge in [-0.15, -0.1) is 0 Å². The van der Waals surface area contributed by atoms with E-state index in [1.807, 2.05) is 20.8 Å². The van der Waals surface area contributed by atoms with Gasteiger partial charge in [0.1, 0.15) is 0 Å². The highest BCUT2D eigenvalue weighted by Gasteiger charge is 2.16. The lowest BCUT2D eigenvalue weighted by Gasteiger charge is -2.14. The minimum absolute atomic E-state index is 0.111. The molecule has 0 fully saturated rings. The molecule has 0 spiro atoms. The SMILES string of the molecule is CC(C)(C)CC(=O)OO. The lowest BCUT2D eigenvalue weighted by atomic mass is 9.93. The summed E-state index contributed by atoms with van der Waals surface area (Å²) in [5, 5.41) is 7.85. The molecular formula is C6H12O3. The average Bonchev–Trinajstić information content (AvgIpc) is 1.62. The molecular weight excluding hydrogens is 120 g/mol. The van der Waals surface area contributed by atoms with Crippen LogP contribution in [0, 0.1) is 5.41 Å². The third-order valence-corrected chi connectivity index (χ3v) is 0.776. The standard InChI is InChI=1S/C6H12O3/c1-6(2,3)4-5(7)9-8/h8H,4H2,1-3H3. The molecule has 3 nitrogen and oxygen atoms in total. The van der Waals surface area contributed by atoms with Gasteiger partial charge in [-0.1, -0.05) is 20.8 Å². The maximum Gasteiger partial charge on any atom is 0.342 e. The molecule has 0 amide bonds. The third kappa shape index (κ3) is 5.30. The maximum atomic E-state index is 10.4. The Morgan fingerprint density at radius 2 is 2.00 bits per heavy atom. The second kappa shape index (κ2) is 2.82. The summed E-state index contributed by atoms with van der Waals surface area (Å²) in [6, 6.07) is 0. The molecule has 0 saturated carbocycles. The van der Waals surface area contributed by atoms with E-state index in [4.69, 9.17) is 5.26 Å². The first-order chi connectivity index (χ1) is 3.95. The molecule has 9 heavy (non-hydrogen) atoms. The van der Waals surface area contributed by atoms with E-state index in [0.717, 1.165) is 0 Å². The van der Waals surface area contributed by atoms with Gasteiger partial charge in [0, 0.05) is 0 Å². The zero-order chi connectivity index (χ0) is 7.49. The number of hydrogen-bond donors (Lipinski definition) is 1. The summed E-state index contributed by atoms with van der Waals surface area (Å²) in [4.78, 5) is 13.8. The van der Waals surface area contributed by atoms with Crippen LogP contribution in [0.4, 0.5) is 0 Å². The molecule has 0 radical (unpaired) electrons. The molecule has 0 saturated heterocycles. The number of carbonyl (C=O) groups excluding carboxylic acids is 1. The first-order valence-electron chi connectivity index (χ1n) is 2.80. The highest BCUT2D eigenvalue weighted by atomic mass is 17.1. The predicted octanol–water partition coefficient (Wildman–Crippen LogP) is 1.44. The van der Waals surface area contributed by atoms with Crippen LogP contribution in [0.15, 0.2) is 0 Å². The summed E-state index contributed by atoms with van der Waals surface area (Å²) in [6.45, 7) is 5.68. The van der Waals surface area contributed by atoms with Crippen molar-refractivity contribution in [1.82, 2.24) is 0 Å². The average molecular weight is 132 g/mol. The van der Waals surface area contributed by atoms with Crippen LogP contribution >= 0.6 is 0 Å². The van der Waals surface area contributed by atoms with E-state index < -0.39 is 5.97 Å². The van der Waals surface area contributed by atoms with Crippen LogP contribution in [0.2, 0.25) is 0 Å². The molecule has 0 aliphatic rings. The second-order valence-electron chi connectivity index (χ2n) is 3.20. The van der Waals surface area contributed by atoms with Crippen molar-refractivity contribution >= 4 is 5.97 Å². The third-order valence-electron chi connectivity index (χ3n) is 0.776. The number of rotatable bonds is 1. The molecule has 0 aliphatic carbocycles. The Kier molecular flexibility index (Phi) is 2.65. The molecule has 0 aliphatic heterocycles. The van der Waals surface area contributed by atoms with E-state index in [2.05, 4.69) is 4.89 Å². The first-order valence-corrected chi connectivity index (χ1v) is 2.80. The lowest BCUT2D eigenvalue weighted by Crippen LogP contribution is -2.13. The molecule has 0 bridgehead atoms. The summed E-state index contributed by atoms with van der Waals surface area (Å²) in [5.41, 5.74) is -0.111. The Balaban J connectivity index is 3.60. The van der Waals surface area contributed by atoms with Crippen LogP contribution in [-0.4, -0.2) is 11.2 Å². The van der Waals surface area contributed by atoms with Crippen LogP contribution in [0.1, 0.15) is 27.2 Å². The molecule has 3 heteroatoms. The molecule has 0 aromatic rings. The summed E-state index contributed by atoms with van der Waals surface area (Å²) >= 11 is 0. The highest BCUT2D eigenvalue weighted by molar-refractivity contribution is 5.69. The van der Waals surface area contributed by atoms with Crippen molar-refractivity contribution < 1.29 is 14.9 Å². The smallest absolute Gasteiger partial charge is 0.301 e. The van der Waals surface area contributed by atoms with Crippen LogP contribution in [-0.2, 0) is 9.68 Å². The van der Waals surface area contributed by atoms with Crippen molar-refractivity contribution in [2.75, 3.05) is 0 Å². The number of carbonyl (C=O) groups is 1. The van der Waals surface area contributed by atoms with Crippen molar-refractivity contribution in [3.05, 3.63) is 0 Å². The van der Waals surface area contributed by atoms with Gasteiger partial charge in [-0.3, -0.25) is 0 Å². The Bertz CT molecular complexity index is 101. The topological polar surface area (TPSA) is 46.5 Å². The van der Waals surface area contributed by atoms with Gasteiger partial charge in [0.2, 0.25) is 0 Å². The van der Waals surface area contributed by atoms with Gasteiger partial charge in [0.25, 0.3) is 0 Å². The minimum Gasteiger partial charge on any atom is -0.301 e. The van der Waals surface area contributed by atoms with E-state index >= 15 is 0 Å². The van der Waals surface area contributed by atoms with Crippen molar-refractivity contribution in [2.24, 2.45) is 5.41 Å². The Labute approximate surface area is 54.6 Å². The van der Waals surface area contributed by atoms with Gasteiger partial charge in [0.15, 0.2) is 0 Å². The van der Waals surface area contributed by atoms with Crippen molar-refractivity contribution in [3.8, 4) is 0 Å². The molecule has 54 valence electrons. The molecule has 1 N–H and O–H groups in total. The Hall–Kier alpha value is -0.570.